The van der Waals surface area contributed by atoms with E-state index in [0.717, 1.165) is 5.75 Å². The van der Waals surface area contributed by atoms with E-state index in [2.05, 4.69) is 42.5 Å². The molecule has 2 aromatic rings. The summed E-state index contributed by atoms with van der Waals surface area (Å²) in [5.74, 6) is -12.4. The molecular formula is C21H21F9O5S2. The first-order chi connectivity index (χ1) is 16.9. The fourth-order valence-electron chi connectivity index (χ4n) is 3.26. The second kappa shape index (κ2) is 11.6. The summed E-state index contributed by atoms with van der Waals surface area (Å²) in [7, 11) is -5.36. The lowest BCUT2D eigenvalue weighted by molar-refractivity contribution is -0.382. The minimum absolute atomic E-state index is 0.333. The van der Waals surface area contributed by atoms with Crippen LogP contribution in [0.1, 0.15) is 6.42 Å². The largest absolute Gasteiger partial charge is 0.743 e. The number of fused-ring (bicyclic) bond motifs is 1. The maximum atomic E-state index is 12.2. The smallest absolute Gasteiger partial charge is 0.460 e. The van der Waals surface area contributed by atoms with Gasteiger partial charge in [-0.05, 0) is 17.5 Å². The van der Waals surface area contributed by atoms with Gasteiger partial charge in [-0.3, -0.25) is 0 Å². The SMILES string of the molecule is COCCOC1CC[S+](c2cccc3ccccc23)C1.O=S(=O)([O-])C(F)(F)C(F)(F)C(F)(F)C(F)(F)F. The lowest BCUT2D eigenvalue weighted by atomic mass is 10.1. The predicted molar refractivity (Wildman–Crippen MR) is 116 cm³/mol. The zero-order valence-electron chi connectivity index (χ0n) is 18.9. The van der Waals surface area contributed by atoms with Crippen LogP contribution in [0.4, 0.5) is 39.5 Å². The summed E-state index contributed by atoms with van der Waals surface area (Å²) in [6.07, 6.45) is -5.58. The molecule has 16 heteroatoms. The van der Waals surface area contributed by atoms with Gasteiger partial charge in [-0.2, -0.15) is 39.5 Å². The third-order valence-electron chi connectivity index (χ3n) is 5.20. The van der Waals surface area contributed by atoms with Crippen LogP contribution >= 0.6 is 0 Å². The van der Waals surface area contributed by atoms with E-state index in [9.17, 15) is 52.5 Å². The van der Waals surface area contributed by atoms with E-state index in [1.54, 1.807) is 7.11 Å². The van der Waals surface area contributed by atoms with Crippen LogP contribution in [0.15, 0.2) is 47.4 Å². The van der Waals surface area contributed by atoms with Crippen LogP contribution < -0.4 is 0 Å². The van der Waals surface area contributed by atoms with Crippen LogP contribution in [0.25, 0.3) is 10.8 Å². The summed E-state index contributed by atoms with van der Waals surface area (Å²) in [5, 5.41) is -4.35. The van der Waals surface area contributed by atoms with Gasteiger partial charge in [-0.15, -0.1) is 0 Å². The standard InChI is InChI=1S/C17H21O2S.C4HF9O3S/c1-18-10-11-19-15-9-12-20(13-15)17-8-4-6-14-5-2-3-7-16(14)17;5-1(6,3(9,10)11)2(7,8)4(12,13)17(14,15)16/h2-8,15H,9-13H2,1H3;(H,14,15,16)/q+1;/p-1. The van der Waals surface area contributed by atoms with E-state index in [0.29, 0.717) is 30.2 Å². The molecule has 0 radical (unpaired) electrons. The van der Waals surface area contributed by atoms with Gasteiger partial charge in [0.2, 0.25) is 0 Å². The Morgan fingerprint density at radius 3 is 2.08 bits per heavy atom. The van der Waals surface area contributed by atoms with Crippen LogP contribution in [0.3, 0.4) is 0 Å². The van der Waals surface area contributed by atoms with Gasteiger partial charge in [0.1, 0.15) is 17.6 Å². The van der Waals surface area contributed by atoms with Gasteiger partial charge in [0.25, 0.3) is 0 Å². The quantitative estimate of drug-likeness (QED) is 0.183. The van der Waals surface area contributed by atoms with E-state index in [1.807, 2.05) is 0 Å². The van der Waals surface area contributed by atoms with Crippen LogP contribution in [-0.4, -0.2) is 74.2 Å². The molecule has 0 aliphatic carbocycles. The third kappa shape index (κ3) is 6.64. The molecule has 0 aromatic heterocycles. The maximum Gasteiger partial charge on any atom is 0.460 e. The average molecular weight is 589 g/mol. The van der Waals surface area contributed by atoms with Gasteiger partial charge in [0.05, 0.1) is 13.2 Å². The third-order valence-corrected chi connectivity index (χ3v) is 8.57. The molecule has 0 N–H and O–H groups in total. The van der Waals surface area contributed by atoms with Crippen molar-refractivity contribution in [2.75, 3.05) is 31.8 Å². The normalized spacial score (nSPS) is 19.5. The number of ether oxygens (including phenoxy) is 2. The Balaban J connectivity index is 0.000000265. The van der Waals surface area contributed by atoms with Gasteiger partial charge >= 0.3 is 23.3 Å². The predicted octanol–water partition coefficient (Wildman–Crippen LogP) is 5.21. The van der Waals surface area contributed by atoms with Crippen molar-refractivity contribution in [2.45, 2.75) is 40.7 Å². The Hall–Kier alpha value is -1.75. The van der Waals surface area contributed by atoms with Crippen molar-refractivity contribution in [1.29, 1.82) is 0 Å². The van der Waals surface area contributed by atoms with E-state index in [-0.39, 0.29) is 0 Å². The van der Waals surface area contributed by atoms with Gasteiger partial charge in [0, 0.05) is 29.8 Å². The summed E-state index contributed by atoms with van der Waals surface area (Å²) in [6.45, 7) is 1.41. The highest BCUT2D eigenvalue weighted by molar-refractivity contribution is 7.97. The molecule has 1 aliphatic rings. The summed E-state index contributed by atoms with van der Waals surface area (Å²) in [5.41, 5.74) is 0. The minimum atomic E-state index is -7.43. The summed E-state index contributed by atoms with van der Waals surface area (Å²) in [6, 6.07) is 15.4. The first kappa shape index (κ1) is 31.5. The molecule has 1 aliphatic heterocycles. The van der Waals surface area contributed by atoms with Crippen LogP contribution in [-0.2, 0) is 30.5 Å². The zero-order chi connectivity index (χ0) is 28.3. The topological polar surface area (TPSA) is 75.7 Å². The second-order valence-corrected chi connectivity index (χ2v) is 11.3. The Labute approximate surface area is 209 Å². The molecule has 5 nitrogen and oxygen atoms in total. The van der Waals surface area contributed by atoms with Crippen molar-refractivity contribution >= 4 is 31.8 Å². The number of halogens is 9. The Morgan fingerprint density at radius 2 is 1.51 bits per heavy atom. The van der Waals surface area contributed by atoms with Crippen molar-refractivity contribution in [3.8, 4) is 0 Å². The molecule has 37 heavy (non-hydrogen) atoms. The van der Waals surface area contributed by atoms with E-state index in [4.69, 9.17) is 9.47 Å². The molecular weight excluding hydrogens is 567 g/mol. The molecule has 1 fully saturated rings. The molecule has 3 rings (SSSR count). The molecule has 1 heterocycles. The lowest BCUT2D eigenvalue weighted by Crippen LogP contribution is -2.63. The Morgan fingerprint density at radius 1 is 0.919 bits per heavy atom. The van der Waals surface area contributed by atoms with Crippen molar-refractivity contribution in [3.05, 3.63) is 42.5 Å². The monoisotopic (exact) mass is 588 g/mol. The van der Waals surface area contributed by atoms with Gasteiger partial charge in [0.15, 0.2) is 15.0 Å². The number of hydrogen-bond acceptors (Lipinski definition) is 5. The average Bonchev–Trinajstić information content (AvgIpc) is 3.26. The van der Waals surface area contributed by atoms with Gasteiger partial charge in [-0.25, -0.2) is 8.42 Å². The first-order valence-corrected chi connectivity index (χ1v) is 13.3. The van der Waals surface area contributed by atoms with Gasteiger partial charge in [-0.1, -0.05) is 30.3 Å². The number of rotatable bonds is 8. The van der Waals surface area contributed by atoms with Crippen molar-refractivity contribution < 1.29 is 62.0 Å². The lowest BCUT2D eigenvalue weighted by Gasteiger charge is -2.34. The summed E-state index contributed by atoms with van der Waals surface area (Å²) >= 11 is 0. The van der Waals surface area contributed by atoms with Crippen molar-refractivity contribution in [3.63, 3.8) is 0 Å². The highest BCUT2D eigenvalue weighted by Crippen LogP contribution is 2.54. The van der Waals surface area contributed by atoms with Crippen molar-refractivity contribution in [2.24, 2.45) is 0 Å². The number of benzene rings is 2. The molecule has 2 atom stereocenters. The number of methoxy groups -OCH3 is 1. The second-order valence-electron chi connectivity index (χ2n) is 7.73. The number of hydrogen-bond donors (Lipinski definition) is 0. The minimum Gasteiger partial charge on any atom is -0.743 e. The first-order valence-electron chi connectivity index (χ1n) is 10.3. The van der Waals surface area contributed by atoms with Crippen LogP contribution in [0.5, 0.6) is 0 Å². The molecule has 2 unspecified atom stereocenters. The highest BCUT2D eigenvalue weighted by atomic mass is 32.2. The number of alkyl halides is 9. The van der Waals surface area contributed by atoms with Crippen LogP contribution in [0.2, 0.25) is 0 Å². The van der Waals surface area contributed by atoms with E-state index < -0.39 is 33.4 Å². The molecule has 0 amide bonds. The molecule has 0 saturated carbocycles. The fraction of sp³-hybridized carbons (Fsp3) is 0.524. The van der Waals surface area contributed by atoms with Gasteiger partial charge < -0.3 is 14.0 Å². The molecule has 2 aromatic carbocycles. The van der Waals surface area contributed by atoms with E-state index in [1.165, 1.54) is 27.8 Å². The summed E-state index contributed by atoms with van der Waals surface area (Å²) < 4.78 is 146. The fourth-order valence-corrected chi connectivity index (χ4v) is 6.29. The zero-order valence-corrected chi connectivity index (χ0v) is 20.5. The highest BCUT2D eigenvalue weighted by Gasteiger charge is 2.83. The molecule has 0 bridgehead atoms. The maximum absolute atomic E-state index is 12.2. The molecule has 0 spiro atoms. The molecule has 210 valence electrons. The molecule has 1 saturated heterocycles. The Bertz CT molecular complexity index is 1150. The summed E-state index contributed by atoms with van der Waals surface area (Å²) in [4.78, 5) is 1.51. The Kier molecular flexibility index (Phi) is 9.83. The van der Waals surface area contributed by atoms with Crippen LogP contribution in [0, 0.1) is 0 Å². The van der Waals surface area contributed by atoms with Crippen molar-refractivity contribution in [1.82, 2.24) is 0 Å². The van der Waals surface area contributed by atoms with E-state index >= 15 is 0 Å².